The first-order chi connectivity index (χ1) is 11.6. The molecule has 0 aliphatic heterocycles. The largest absolute Gasteiger partial charge is 0.484 e. The summed E-state index contributed by atoms with van der Waals surface area (Å²) in [5, 5.41) is 3.63. The Hall–Kier alpha value is -3.08. The molecule has 0 aliphatic rings. The van der Waals surface area contributed by atoms with Crippen molar-refractivity contribution in [3.05, 3.63) is 76.1 Å². The van der Waals surface area contributed by atoms with Crippen LogP contribution in [0.1, 0.15) is 11.1 Å². The molecule has 0 saturated carbocycles. The summed E-state index contributed by atoms with van der Waals surface area (Å²) < 4.78 is 10.6. The third-order valence-electron chi connectivity index (χ3n) is 3.63. The van der Waals surface area contributed by atoms with E-state index in [9.17, 15) is 9.59 Å². The smallest absolute Gasteiger partial charge is 0.336 e. The third kappa shape index (κ3) is 3.81. The van der Waals surface area contributed by atoms with Crippen molar-refractivity contribution in [1.82, 2.24) is 5.32 Å². The number of carbonyl (C=O) groups is 1. The number of fused-ring (bicyclic) bond motifs is 1. The third-order valence-corrected chi connectivity index (χ3v) is 3.63. The summed E-state index contributed by atoms with van der Waals surface area (Å²) in [6.07, 6.45) is 0. The second kappa shape index (κ2) is 7.00. The van der Waals surface area contributed by atoms with Gasteiger partial charge in [-0.1, -0.05) is 30.3 Å². The van der Waals surface area contributed by atoms with E-state index in [4.69, 9.17) is 9.15 Å². The maximum absolute atomic E-state index is 11.9. The summed E-state index contributed by atoms with van der Waals surface area (Å²) in [5.74, 6) is 0.260. The minimum Gasteiger partial charge on any atom is -0.484 e. The molecule has 24 heavy (non-hydrogen) atoms. The highest BCUT2D eigenvalue weighted by atomic mass is 16.5. The van der Waals surface area contributed by atoms with Crippen LogP contribution in [-0.4, -0.2) is 12.5 Å². The lowest BCUT2D eigenvalue weighted by atomic mass is 10.1. The normalized spacial score (nSPS) is 10.5. The molecular weight excluding hydrogens is 306 g/mol. The van der Waals surface area contributed by atoms with Gasteiger partial charge < -0.3 is 14.5 Å². The average Bonchev–Trinajstić information content (AvgIpc) is 2.58. The molecule has 0 atom stereocenters. The van der Waals surface area contributed by atoms with E-state index in [2.05, 4.69) is 5.32 Å². The summed E-state index contributed by atoms with van der Waals surface area (Å²) in [6.45, 7) is 2.19. The zero-order valence-corrected chi connectivity index (χ0v) is 13.2. The molecule has 0 aliphatic carbocycles. The lowest BCUT2D eigenvalue weighted by Crippen LogP contribution is -2.28. The van der Waals surface area contributed by atoms with Gasteiger partial charge in [-0.05, 0) is 30.2 Å². The monoisotopic (exact) mass is 323 g/mol. The number of carbonyl (C=O) groups excluding carboxylic acids is 1. The van der Waals surface area contributed by atoms with Gasteiger partial charge in [-0.25, -0.2) is 4.79 Å². The maximum atomic E-state index is 11.9. The van der Waals surface area contributed by atoms with Gasteiger partial charge in [-0.2, -0.15) is 0 Å². The molecule has 5 nitrogen and oxygen atoms in total. The van der Waals surface area contributed by atoms with Gasteiger partial charge >= 0.3 is 5.63 Å². The summed E-state index contributed by atoms with van der Waals surface area (Å²) >= 11 is 0. The summed E-state index contributed by atoms with van der Waals surface area (Å²) in [7, 11) is 0. The van der Waals surface area contributed by atoms with Crippen molar-refractivity contribution in [2.75, 3.05) is 6.61 Å². The van der Waals surface area contributed by atoms with Crippen LogP contribution in [0.25, 0.3) is 11.0 Å². The van der Waals surface area contributed by atoms with Crippen molar-refractivity contribution >= 4 is 16.9 Å². The molecule has 1 heterocycles. The average molecular weight is 323 g/mol. The van der Waals surface area contributed by atoms with E-state index < -0.39 is 5.63 Å². The van der Waals surface area contributed by atoms with Crippen LogP contribution in [0.5, 0.6) is 5.75 Å². The van der Waals surface area contributed by atoms with Crippen LogP contribution in [0, 0.1) is 6.92 Å². The standard InChI is InChI=1S/C19H17NO4/c1-13-9-19(22)24-17-10-15(7-8-16(13)17)23-12-18(21)20-11-14-5-3-2-4-6-14/h2-10H,11-12H2,1H3,(H,20,21). The Morgan fingerprint density at radius 2 is 1.92 bits per heavy atom. The quantitative estimate of drug-likeness (QED) is 0.733. The molecule has 0 radical (unpaired) electrons. The molecule has 1 aromatic heterocycles. The minimum atomic E-state index is -0.405. The van der Waals surface area contributed by atoms with Gasteiger partial charge in [0.1, 0.15) is 11.3 Å². The highest BCUT2D eigenvalue weighted by molar-refractivity contribution is 5.81. The van der Waals surface area contributed by atoms with Crippen LogP contribution in [0.15, 0.2) is 63.8 Å². The van der Waals surface area contributed by atoms with E-state index in [0.717, 1.165) is 16.5 Å². The number of benzene rings is 2. The Kier molecular flexibility index (Phi) is 4.61. The van der Waals surface area contributed by atoms with Crippen molar-refractivity contribution in [3.63, 3.8) is 0 Å². The van der Waals surface area contributed by atoms with E-state index >= 15 is 0 Å². The first-order valence-electron chi connectivity index (χ1n) is 7.60. The lowest BCUT2D eigenvalue weighted by molar-refractivity contribution is -0.123. The molecule has 1 N–H and O–H groups in total. The molecule has 3 aromatic rings. The number of aryl methyl sites for hydroxylation is 1. The van der Waals surface area contributed by atoms with Gasteiger partial charge in [0.15, 0.2) is 6.61 Å². The van der Waals surface area contributed by atoms with Crippen LogP contribution in [0.4, 0.5) is 0 Å². The fourth-order valence-corrected chi connectivity index (χ4v) is 2.39. The molecule has 0 fully saturated rings. The zero-order chi connectivity index (χ0) is 16.9. The minimum absolute atomic E-state index is 0.103. The molecule has 2 aromatic carbocycles. The number of rotatable bonds is 5. The van der Waals surface area contributed by atoms with E-state index in [1.807, 2.05) is 43.3 Å². The molecule has 3 rings (SSSR count). The number of hydrogen-bond acceptors (Lipinski definition) is 4. The number of ether oxygens (including phenoxy) is 1. The van der Waals surface area contributed by atoms with Crippen LogP contribution >= 0.6 is 0 Å². The molecule has 0 bridgehead atoms. The highest BCUT2D eigenvalue weighted by Gasteiger charge is 2.06. The van der Waals surface area contributed by atoms with Crippen molar-refractivity contribution in [2.45, 2.75) is 13.5 Å². The zero-order valence-electron chi connectivity index (χ0n) is 13.2. The van der Waals surface area contributed by atoms with E-state index in [1.54, 1.807) is 12.1 Å². The Labute approximate surface area is 138 Å². The van der Waals surface area contributed by atoms with Crippen LogP contribution in [-0.2, 0) is 11.3 Å². The first kappa shape index (κ1) is 15.8. The Balaban J connectivity index is 1.61. The summed E-state index contributed by atoms with van der Waals surface area (Å²) in [5.41, 5.74) is 1.90. The predicted octanol–water partition coefficient (Wildman–Crippen LogP) is 2.80. The van der Waals surface area contributed by atoms with Gasteiger partial charge in [-0.3, -0.25) is 4.79 Å². The number of amides is 1. The van der Waals surface area contributed by atoms with Gasteiger partial charge in [0.25, 0.3) is 5.91 Å². The van der Waals surface area contributed by atoms with E-state index in [0.29, 0.717) is 17.9 Å². The molecule has 0 spiro atoms. The summed E-state index contributed by atoms with van der Waals surface area (Å²) in [6, 6.07) is 16.3. The van der Waals surface area contributed by atoms with Crippen molar-refractivity contribution < 1.29 is 13.9 Å². The van der Waals surface area contributed by atoms with Crippen molar-refractivity contribution in [2.24, 2.45) is 0 Å². The van der Waals surface area contributed by atoms with Crippen LogP contribution in [0.2, 0.25) is 0 Å². The molecule has 0 unspecified atom stereocenters. The first-order valence-corrected chi connectivity index (χ1v) is 7.60. The number of nitrogens with one attached hydrogen (secondary N) is 1. The SMILES string of the molecule is Cc1cc(=O)oc2cc(OCC(=O)NCc3ccccc3)ccc12. The maximum Gasteiger partial charge on any atom is 0.336 e. The molecular formula is C19H17NO4. The van der Waals surface area contributed by atoms with Crippen molar-refractivity contribution in [1.29, 1.82) is 0 Å². The van der Waals surface area contributed by atoms with Gasteiger partial charge in [-0.15, -0.1) is 0 Å². The van der Waals surface area contributed by atoms with E-state index in [-0.39, 0.29) is 12.5 Å². The Morgan fingerprint density at radius 1 is 1.12 bits per heavy atom. The fourth-order valence-electron chi connectivity index (χ4n) is 2.39. The van der Waals surface area contributed by atoms with Crippen molar-refractivity contribution in [3.8, 4) is 5.75 Å². The van der Waals surface area contributed by atoms with Gasteiger partial charge in [0.05, 0.1) is 0 Å². The van der Waals surface area contributed by atoms with E-state index in [1.165, 1.54) is 6.07 Å². The Morgan fingerprint density at radius 3 is 2.71 bits per heavy atom. The van der Waals surface area contributed by atoms with Crippen LogP contribution in [0.3, 0.4) is 0 Å². The second-order valence-corrected chi connectivity index (χ2v) is 5.46. The molecule has 122 valence electrons. The predicted molar refractivity (Wildman–Crippen MR) is 91.0 cm³/mol. The second-order valence-electron chi connectivity index (χ2n) is 5.46. The van der Waals surface area contributed by atoms with Crippen LogP contribution < -0.4 is 15.7 Å². The lowest BCUT2D eigenvalue weighted by Gasteiger charge is -2.08. The van der Waals surface area contributed by atoms with Gasteiger partial charge in [0.2, 0.25) is 0 Å². The van der Waals surface area contributed by atoms with Gasteiger partial charge in [0, 0.05) is 24.1 Å². The molecule has 5 heteroatoms. The highest BCUT2D eigenvalue weighted by Crippen LogP contribution is 2.22. The Bertz CT molecular complexity index is 916. The fraction of sp³-hybridized carbons (Fsp3) is 0.158. The topological polar surface area (TPSA) is 68.5 Å². The molecule has 1 amide bonds. The number of hydrogen-bond donors (Lipinski definition) is 1. The molecule has 0 saturated heterocycles. The summed E-state index contributed by atoms with van der Waals surface area (Å²) in [4.78, 5) is 23.3.